The molecule has 106 valence electrons. The number of hydrogen-bond acceptors (Lipinski definition) is 2. The molecule has 0 bridgehead atoms. The predicted octanol–water partition coefficient (Wildman–Crippen LogP) is 4.36. The Hall–Kier alpha value is -0.830. The molecule has 1 N–H and O–H groups in total. The summed E-state index contributed by atoms with van der Waals surface area (Å²) in [4.78, 5) is 0. The van der Waals surface area contributed by atoms with Crippen LogP contribution in [0.2, 0.25) is 5.02 Å². The van der Waals surface area contributed by atoms with Crippen molar-refractivity contribution < 1.29 is 4.74 Å². The minimum absolute atomic E-state index is 0.371. The summed E-state index contributed by atoms with van der Waals surface area (Å²) in [5, 5.41) is 4.31. The maximum atomic E-state index is 5.92. The van der Waals surface area contributed by atoms with Gasteiger partial charge in [0, 0.05) is 17.6 Å². The van der Waals surface area contributed by atoms with Crippen molar-refractivity contribution in [3.05, 3.63) is 47.0 Å². The normalized spacial score (nSPS) is 12.4. The van der Waals surface area contributed by atoms with Crippen LogP contribution in [0.4, 0.5) is 0 Å². The number of rotatable bonds is 9. The smallest absolute Gasteiger partial charge is 0.0672 e. The van der Waals surface area contributed by atoms with E-state index in [1.54, 1.807) is 0 Å². The molecule has 0 radical (unpaired) electrons. The van der Waals surface area contributed by atoms with Crippen LogP contribution in [-0.2, 0) is 4.74 Å². The molecule has 0 spiro atoms. The van der Waals surface area contributed by atoms with Crippen LogP contribution in [0, 0.1) is 0 Å². The van der Waals surface area contributed by atoms with Gasteiger partial charge in [0.05, 0.1) is 13.2 Å². The molecule has 0 saturated heterocycles. The molecule has 1 unspecified atom stereocenters. The summed E-state index contributed by atoms with van der Waals surface area (Å²) >= 11 is 5.92. The van der Waals surface area contributed by atoms with Crippen LogP contribution in [0.1, 0.15) is 38.3 Å². The van der Waals surface area contributed by atoms with E-state index >= 15 is 0 Å². The van der Waals surface area contributed by atoms with Gasteiger partial charge in [-0.15, -0.1) is 0 Å². The fourth-order valence-corrected chi connectivity index (χ4v) is 2.05. The second kappa shape index (κ2) is 9.13. The molecule has 0 saturated carbocycles. The molecule has 0 aliphatic rings. The van der Waals surface area contributed by atoms with E-state index < -0.39 is 0 Å². The second-order valence-corrected chi connectivity index (χ2v) is 5.29. The first-order valence-electron chi connectivity index (χ1n) is 6.84. The van der Waals surface area contributed by atoms with Crippen LogP contribution in [-0.4, -0.2) is 19.8 Å². The Bertz CT molecular complexity index is 375. The lowest BCUT2D eigenvalue weighted by molar-refractivity contribution is 0.155. The van der Waals surface area contributed by atoms with E-state index in [9.17, 15) is 0 Å². The minimum atomic E-state index is 0.371. The lowest BCUT2D eigenvalue weighted by Gasteiger charge is -2.18. The first-order valence-corrected chi connectivity index (χ1v) is 7.22. The largest absolute Gasteiger partial charge is 0.376 e. The fourth-order valence-electron chi connectivity index (χ4n) is 1.92. The molecular weight excluding hydrogens is 258 g/mol. The van der Waals surface area contributed by atoms with Crippen LogP contribution < -0.4 is 5.32 Å². The molecule has 1 rings (SSSR count). The molecule has 2 nitrogen and oxygen atoms in total. The molecule has 0 amide bonds. The second-order valence-electron chi connectivity index (χ2n) is 4.86. The van der Waals surface area contributed by atoms with Gasteiger partial charge >= 0.3 is 0 Å². The quantitative estimate of drug-likeness (QED) is 0.536. The Kier molecular flexibility index (Phi) is 7.80. The van der Waals surface area contributed by atoms with Crippen molar-refractivity contribution in [2.45, 2.75) is 32.7 Å². The van der Waals surface area contributed by atoms with E-state index in [1.807, 2.05) is 19.1 Å². The summed E-state index contributed by atoms with van der Waals surface area (Å²) in [5.41, 5.74) is 2.34. The van der Waals surface area contributed by atoms with Gasteiger partial charge in [-0.1, -0.05) is 49.2 Å². The van der Waals surface area contributed by atoms with Crippen molar-refractivity contribution >= 4 is 11.6 Å². The lowest BCUT2D eigenvalue weighted by atomic mass is 10.0. The number of halogens is 1. The standard InChI is InChI=1S/C16H24ClNO/c1-4-5-16(14-6-8-15(17)9-7-14)18-10-11-19-12-13(2)3/h6-9,16,18H,2,4-5,10-12H2,1,3H3. The van der Waals surface area contributed by atoms with Gasteiger partial charge in [-0.25, -0.2) is 0 Å². The summed E-state index contributed by atoms with van der Waals surface area (Å²) in [6.07, 6.45) is 2.26. The highest BCUT2D eigenvalue weighted by Gasteiger charge is 2.09. The van der Waals surface area contributed by atoms with E-state index in [1.165, 1.54) is 5.56 Å². The summed E-state index contributed by atoms with van der Waals surface area (Å²) < 4.78 is 5.50. The fraction of sp³-hybridized carbons (Fsp3) is 0.500. The average Bonchev–Trinajstić information content (AvgIpc) is 2.38. The lowest BCUT2D eigenvalue weighted by Crippen LogP contribution is -2.25. The molecule has 0 heterocycles. The summed E-state index contributed by atoms with van der Waals surface area (Å²) in [7, 11) is 0. The average molecular weight is 282 g/mol. The number of benzene rings is 1. The molecule has 0 aliphatic heterocycles. The van der Waals surface area contributed by atoms with Crippen LogP contribution >= 0.6 is 11.6 Å². The molecule has 0 aliphatic carbocycles. The van der Waals surface area contributed by atoms with Crippen molar-refractivity contribution in [3.8, 4) is 0 Å². The van der Waals surface area contributed by atoms with Crippen molar-refractivity contribution in [2.75, 3.05) is 19.8 Å². The van der Waals surface area contributed by atoms with E-state index in [0.717, 1.165) is 30.0 Å². The predicted molar refractivity (Wildman–Crippen MR) is 82.7 cm³/mol. The highest BCUT2D eigenvalue weighted by Crippen LogP contribution is 2.20. The van der Waals surface area contributed by atoms with E-state index in [2.05, 4.69) is 31.0 Å². The van der Waals surface area contributed by atoms with Crippen molar-refractivity contribution in [1.82, 2.24) is 5.32 Å². The first-order chi connectivity index (χ1) is 9.13. The Morgan fingerprint density at radius 3 is 2.63 bits per heavy atom. The molecule has 19 heavy (non-hydrogen) atoms. The van der Waals surface area contributed by atoms with Crippen LogP contribution in [0.25, 0.3) is 0 Å². The SMILES string of the molecule is C=C(C)COCCNC(CCC)c1ccc(Cl)cc1. The third-order valence-electron chi connectivity index (χ3n) is 2.84. The molecule has 3 heteroatoms. The third kappa shape index (κ3) is 6.76. The molecular formula is C16H24ClNO. The van der Waals surface area contributed by atoms with E-state index in [4.69, 9.17) is 16.3 Å². The van der Waals surface area contributed by atoms with Gasteiger partial charge in [0.25, 0.3) is 0 Å². The highest BCUT2D eigenvalue weighted by atomic mass is 35.5. The summed E-state index contributed by atoms with van der Waals surface area (Å²) in [6, 6.07) is 8.43. The van der Waals surface area contributed by atoms with Crippen molar-refractivity contribution in [2.24, 2.45) is 0 Å². The van der Waals surface area contributed by atoms with Crippen molar-refractivity contribution in [1.29, 1.82) is 0 Å². The highest BCUT2D eigenvalue weighted by molar-refractivity contribution is 6.30. The van der Waals surface area contributed by atoms with Crippen LogP contribution in [0.15, 0.2) is 36.4 Å². The van der Waals surface area contributed by atoms with Gasteiger partial charge in [-0.05, 0) is 31.0 Å². The maximum absolute atomic E-state index is 5.92. The Morgan fingerprint density at radius 2 is 2.05 bits per heavy atom. The number of nitrogens with one attached hydrogen (secondary N) is 1. The number of hydrogen-bond donors (Lipinski definition) is 1. The zero-order chi connectivity index (χ0) is 14.1. The summed E-state index contributed by atoms with van der Waals surface area (Å²) in [6.45, 7) is 10.2. The Labute approximate surface area is 121 Å². The molecule has 1 aromatic carbocycles. The minimum Gasteiger partial charge on any atom is -0.376 e. The van der Waals surface area contributed by atoms with Gasteiger partial charge in [0.15, 0.2) is 0 Å². The monoisotopic (exact) mass is 281 g/mol. The zero-order valence-corrected chi connectivity index (χ0v) is 12.7. The van der Waals surface area contributed by atoms with E-state index in [-0.39, 0.29) is 0 Å². The van der Waals surface area contributed by atoms with Gasteiger partial charge in [-0.2, -0.15) is 0 Å². The molecule has 0 aromatic heterocycles. The topological polar surface area (TPSA) is 21.3 Å². The zero-order valence-electron chi connectivity index (χ0n) is 11.9. The molecule has 1 atom stereocenters. The molecule has 0 fully saturated rings. The van der Waals surface area contributed by atoms with Crippen molar-refractivity contribution in [3.63, 3.8) is 0 Å². The first kappa shape index (κ1) is 16.2. The Balaban J connectivity index is 2.40. The van der Waals surface area contributed by atoms with Gasteiger partial charge in [0.2, 0.25) is 0 Å². The van der Waals surface area contributed by atoms with Crippen LogP contribution in [0.5, 0.6) is 0 Å². The van der Waals surface area contributed by atoms with E-state index in [0.29, 0.717) is 19.3 Å². The maximum Gasteiger partial charge on any atom is 0.0672 e. The summed E-state index contributed by atoms with van der Waals surface area (Å²) in [5.74, 6) is 0. The molecule has 1 aromatic rings. The van der Waals surface area contributed by atoms with Crippen LogP contribution in [0.3, 0.4) is 0 Å². The van der Waals surface area contributed by atoms with Gasteiger partial charge in [0.1, 0.15) is 0 Å². The Morgan fingerprint density at radius 1 is 1.37 bits per heavy atom. The number of ether oxygens (including phenoxy) is 1. The van der Waals surface area contributed by atoms with Gasteiger partial charge in [-0.3, -0.25) is 0 Å². The van der Waals surface area contributed by atoms with Gasteiger partial charge < -0.3 is 10.1 Å². The third-order valence-corrected chi connectivity index (χ3v) is 3.09.